The van der Waals surface area contributed by atoms with E-state index in [9.17, 15) is 28.1 Å². The lowest BCUT2D eigenvalue weighted by Crippen LogP contribution is -2.27. The minimum atomic E-state index is -4.65. The third kappa shape index (κ3) is 6.76. The first-order valence-corrected chi connectivity index (χ1v) is 9.30. The molecule has 0 aliphatic carbocycles. The third-order valence-corrected chi connectivity index (χ3v) is 4.64. The van der Waals surface area contributed by atoms with E-state index >= 15 is 0 Å². The molecule has 0 aliphatic rings. The Kier molecular flexibility index (Phi) is 7.68. The number of hydrogen-bond acceptors (Lipinski definition) is 5. The highest BCUT2D eigenvalue weighted by Gasteiger charge is 2.32. The highest BCUT2D eigenvalue weighted by atomic mass is 32.2. The van der Waals surface area contributed by atoms with Crippen LogP contribution >= 0.6 is 11.8 Å². The van der Waals surface area contributed by atoms with Crippen LogP contribution in [0.1, 0.15) is 12.0 Å². The second-order valence-corrected chi connectivity index (χ2v) is 6.77. The Hall–Kier alpha value is -2.75. The number of nitro groups is 1. The Morgan fingerprint density at radius 1 is 1.11 bits per heavy atom. The van der Waals surface area contributed by atoms with Crippen molar-refractivity contribution in [1.29, 1.82) is 0 Å². The number of nitrogens with one attached hydrogen (secondary N) is 2. The van der Waals surface area contributed by atoms with Crippen LogP contribution in [0.5, 0.6) is 0 Å². The van der Waals surface area contributed by atoms with E-state index in [1.54, 1.807) is 0 Å². The summed E-state index contributed by atoms with van der Waals surface area (Å²) in [5.74, 6) is 0.122. The molecule has 150 valence electrons. The number of halogens is 3. The number of amides is 1. The summed E-state index contributed by atoms with van der Waals surface area (Å²) < 4.78 is 38.0. The highest BCUT2D eigenvalue weighted by Crippen LogP contribution is 2.34. The maximum atomic E-state index is 12.7. The summed E-state index contributed by atoms with van der Waals surface area (Å²) in [6.07, 6.45) is -4.19. The molecule has 0 unspecified atom stereocenters. The van der Waals surface area contributed by atoms with Crippen molar-refractivity contribution < 1.29 is 22.9 Å². The van der Waals surface area contributed by atoms with Crippen LogP contribution in [0.4, 0.5) is 24.5 Å². The van der Waals surface area contributed by atoms with Gasteiger partial charge in [0.2, 0.25) is 5.91 Å². The van der Waals surface area contributed by atoms with Gasteiger partial charge in [-0.3, -0.25) is 14.9 Å². The molecule has 2 N–H and O–H groups in total. The number of rotatable bonds is 9. The van der Waals surface area contributed by atoms with E-state index in [0.29, 0.717) is 19.0 Å². The maximum Gasteiger partial charge on any atom is 0.416 e. The summed E-state index contributed by atoms with van der Waals surface area (Å²) in [4.78, 5) is 22.9. The summed E-state index contributed by atoms with van der Waals surface area (Å²) in [7, 11) is 0. The molecule has 0 saturated heterocycles. The molecule has 0 aromatic heterocycles. The Balaban J connectivity index is 1.75. The van der Waals surface area contributed by atoms with Gasteiger partial charge in [-0.1, -0.05) is 18.2 Å². The summed E-state index contributed by atoms with van der Waals surface area (Å²) in [6.45, 7) is 0.605. The highest BCUT2D eigenvalue weighted by molar-refractivity contribution is 8.00. The number of carbonyl (C=O) groups excluding carboxylic acids is 1. The van der Waals surface area contributed by atoms with Gasteiger partial charge in [-0.2, -0.15) is 13.2 Å². The molecule has 2 aromatic rings. The van der Waals surface area contributed by atoms with Crippen molar-refractivity contribution in [1.82, 2.24) is 5.32 Å². The van der Waals surface area contributed by atoms with E-state index in [-0.39, 0.29) is 23.9 Å². The Labute approximate surface area is 163 Å². The van der Waals surface area contributed by atoms with Gasteiger partial charge < -0.3 is 10.6 Å². The third-order valence-electron chi connectivity index (χ3n) is 3.63. The van der Waals surface area contributed by atoms with Gasteiger partial charge in [0.15, 0.2) is 0 Å². The maximum absolute atomic E-state index is 12.7. The standard InChI is InChI=1S/C18H18F3N3O3S/c19-18(20,21)13-7-8-15(16(11-13)24(26)27)22-9-4-10-23-17(25)12-28-14-5-2-1-3-6-14/h1-3,5-8,11,22H,4,9-10,12H2,(H,23,25). The molecule has 6 nitrogen and oxygen atoms in total. The molecule has 10 heteroatoms. The zero-order chi connectivity index (χ0) is 20.6. The number of anilines is 1. The lowest BCUT2D eigenvalue weighted by molar-refractivity contribution is -0.384. The largest absolute Gasteiger partial charge is 0.416 e. The van der Waals surface area contributed by atoms with Gasteiger partial charge in [-0.05, 0) is 30.7 Å². The predicted octanol–water partition coefficient (Wildman–Crippen LogP) is 4.32. The average Bonchev–Trinajstić information content (AvgIpc) is 2.66. The van der Waals surface area contributed by atoms with E-state index in [0.717, 1.165) is 17.0 Å². The summed E-state index contributed by atoms with van der Waals surface area (Å²) >= 11 is 1.40. The monoisotopic (exact) mass is 413 g/mol. The molecular formula is C18H18F3N3O3S. The van der Waals surface area contributed by atoms with Gasteiger partial charge in [0.25, 0.3) is 5.69 Å². The normalized spacial score (nSPS) is 11.1. The minimum Gasteiger partial charge on any atom is -0.379 e. The quantitative estimate of drug-likeness (QED) is 0.277. The fourth-order valence-electron chi connectivity index (χ4n) is 2.26. The van der Waals surface area contributed by atoms with Crippen molar-refractivity contribution in [3.05, 3.63) is 64.2 Å². The molecule has 0 radical (unpaired) electrons. The van der Waals surface area contributed by atoms with Gasteiger partial charge in [0.1, 0.15) is 5.69 Å². The first-order valence-electron chi connectivity index (χ1n) is 8.31. The molecule has 0 heterocycles. The molecule has 2 rings (SSSR count). The number of thioether (sulfide) groups is 1. The van der Waals surface area contributed by atoms with Crippen LogP contribution in [0.25, 0.3) is 0 Å². The first kappa shape index (κ1) is 21.5. The van der Waals surface area contributed by atoms with Gasteiger partial charge in [0, 0.05) is 24.1 Å². The molecule has 1 amide bonds. The topological polar surface area (TPSA) is 84.3 Å². The SMILES string of the molecule is O=C(CSc1ccccc1)NCCCNc1ccc(C(F)(F)F)cc1[N+](=O)[O-]. The smallest absolute Gasteiger partial charge is 0.379 e. The first-order chi connectivity index (χ1) is 13.3. The lowest BCUT2D eigenvalue weighted by Gasteiger charge is -2.11. The van der Waals surface area contributed by atoms with Crippen LogP contribution in [0.2, 0.25) is 0 Å². The minimum absolute atomic E-state index is 0.00367. The van der Waals surface area contributed by atoms with Crippen LogP contribution in [0, 0.1) is 10.1 Å². The molecule has 28 heavy (non-hydrogen) atoms. The van der Waals surface area contributed by atoms with Gasteiger partial charge >= 0.3 is 6.18 Å². The summed E-state index contributed by atoms with van der Waals surface area (Å²) in [5.41, 5.74) is -1.71. The molecule has 0 saturated carbocycles. The Morgan fingerprint density at radius 3 is 2.46 bits per heavy atom. The molecule has 0 fully saturated rings. The molecule has 0 aliphatic heterocycles. The second kappa shape index (κ2) is 9.98. The zero-order valence-corrected chi connectivity index (χ0v) is 15.5. The number of nitrogens with zero attached hydrogens (tertiary/aromatic N) is 1. The number of nitro benzene ring substituents is 1. The number of hydrogen-bond donors (Lipinski definition) is 2. The van der Waals surface area contributed by atoms with Crippen LogP contribution in [-0.2, 0) is 11.0 Å². The second-order valence-electron chi connectivity index (χ2n) is 5.72. The van der Waals surface area contributed by atoms with E-state index in [4.69, 9.17) is 0 Å². The van der Waals surface area contributed by atoms with Crippen LogP contribution in [0.3, 0.4) is 0 Å². The fourth-order valence-corrected chi connectivity index (χ4v) is 3.01. The number of alkyl halides is 3. The van der Waals surface area contributed by atoms with Gasteiger partial charge in [0.05, 0.1) is 16.2 Å². The zero-order valence-electron chi connectivity index (χ0n) is 14.7. The van der Waals surface area contributed by atoms with E-state index in [1.807, 2.05) is 30.3 Å². The molecule has 0 bridgehead atoms. The van der Waals surface area contributed by atoms with Gasteiger partial charge in [-0.15, -0.1) is 11.8 Å². The van der Waals surface area contributed by atoms with Gasteiger partial charge in [-0.25, -0.2) is 0 Å². The van der Waals surface area contributed by atoms with Crippen molar-refractivity contribution in [3.63, 3.8) is 0 Å². The van der Waals surface area contributed by atoms with Crippen molar-refractivity contribution in [2.75, 3.05) is 24.2 Å². The van der Waals surface area contributed by atoms with Crippen molar-refractivity contribution in [3.8, 4) is 0 Å². The molecular weight excluding hydrogens is 395 g/mol. The van der Waals surface area contributed by atoms with E-state index < -0.39 is 22.4 Å². The summed E-state index contributed by atoms with van der Waals surface area (Å²) in [6, 6.07) is 11.8. The lowest BCUT2D eigenvalue weighted by atomic mass is 10.1. The van der Waals surface area contributed by atoms with Crippen molar-refractivity contribution >= 4 is 29.0 Å². The molecule has 2 aromatic carbocycles. The Bertz CT molecular complexity index is 817. The summed E-state index contributed by atoms with van der Waals surface area (Å²) in [5, 5.41) is 16.5. The van der Waals surface area contributed by atoms with Crippen LogP contribution < -0.4 is 10.6 Å². The van der Waals surface area contributed by atoms with Crippen LogP contribution in [-0.4, -0.2) is 29.7 Å². The Morgan fingerprint density at radius 2 is 1.82 bits per heavy atom. The number of benzene rings is 2. The van der Waals surface area contributed by atoms with Crippen molar-refractivity contribution in [2.24, 2.45) is 0 Å². The predicted molar refractivity (Wildman–Crippen MR) is 101 cm³/mol. The fraction of sp³-hybridized carbons (Fsp3) is 0.278. The average molecular weight is 413 g/mol. The van der Waals surface area contributed by atoms with E-state index in [2.05, 4.69) is 10.6 Å². The number of carbonyl (C=O) groups is 1. The molecule has 0 atom stereocenters. The molecule has 0 spiro atoms. The van der Waals surface area contributed by atoms with Crippen molar-refractivity contribution in [2.45, 2.75) is 17.5 Å². The van der Waals surface area contributed by atoms with Crippen LogP contribution in [0.15, 0.2) is 53.4 Å². The van der Waals surface area contributed by atoms with E-state index in [1.165, 1.54) is 11.8 Å².